The number of amidine groups is 1. The number of carbonyl (C=O) groups is 2. The number of fused-ring (bicyclic) bond motifs is 1. The summed E-state index contributed by atoms with van der Waals surface area (Å²) in [4.78, 5) is 46.5. The van der Waals surface area contributed by atoms with Gasteiger partial charge in [0, 0.05) is 61.5 Å². The number of carbonyl (C=O) groups excluding carboxylic acids is 2. The summed E-state index contributed by atoms with van der Waals surface area (Å²) in [5.41, 5.74) is 13.8. The van der Waals surface area contributed by atoms with Gasteiger partial charge < -0.3 is 40.6 Å². The topological polar surface area (TPSA) is 167 Å². The molecule has 1 unspecified atom stereocenters. The average molecular weight is 706 g/mol. The minimum absolute atomic E-state index is 0.0115. The lowest BCUT2D eigenvalue weighted by atomic mass is 9.71. The number of hydrogen-bond donors (Lipinski definition) is 2. The van der Waals surface area contributed by atoms with Crippen LogP contribution in [0.3, 0.4) is 0 Å². The van der Waals surface area contributed by atoms with E-state index in [0.717, 1.165) is 68.2 Å². The molecule has 5 heterocycles. The van der Waals surface area contributed by atoms with Gasteiger partial charge in [-0.25, -0.2) is 14.6 Å². The van der Waals surface area contributed by atoms with Gasteiger partial charge in [-0.15, -0.1) is 11.3 Å². The maximum atomic E-state index is 13.7. The van der Waals surface area contributed by atoms with Crippen LogP contribution in [-0.4, -0.2) is 97.7 Å². The van der Waals surface area contributed by atoms with E-state index in [1.807, 2.05) is 26.8 Å². The first-order chi connectivity index (χ1) is 23.7. The lowest BCUT2D eigenvalue weighted by Gasteiger charge is -2.46. The Kier molecular flexibility index (Phi) is 9.94. The second kappa shape index (κ2) is 13.9. The maximum absolute atomic E-state index is 13.7. The van der Waals surface area contributed by atoms with Crippen LogP contribution >= 0.6 is 11.3 Å². The molecule has 0 saturated carbocycles. The van der Waals surface area contributed by atoms with Gasteiger partial charge in [-0.2, -0.15) is 5.26 Å². The predicted molar refractivity (Wildman–Crippen MR) is 195 cm³/mol. The van der Waals surface area contributed by atoms with Gasteiger partial charge in [0.25, 0.3) is 0 Å². The summed E-state index contributed by atoms with van der Waals surface area (Å²) in [5.74, 6) is 0.211. The molecule has 3 saturated heterocycles. The van der Waals surface area contributed by atoms with E-state index in [0.29, 0.717) is 59.8 Å². The third-order valence-corrected chi connectivity index (χ3v) is 12.1. The number of oxime groups is 1. The number of pyridine rings is 1. The Balaban J connectivity index is 1.23. The van der Waals surface area contributed by atoms with E-state index in [1.165, 1.54) is 24.2 Å². The first kappa shape index (κ1) is 35.7. The molecule has 1 atom stereocenters. The minimum atomic E-state index is -1.07. The highest BCUT2D eigenvalue weighted by Gasteiger charge is 2.45. The lowest BCUT2D eigenvalue weighted by molar-refractivity contribution is -0.150. The number of nitrogen functional groups attached to an aromatic ring is 1. The Morgan fingerprint density at radius 1 is 1.00 bits per heavy atom. The van der Waals surface area contributed by atoms with Gasteiger partial charge in [0.15, 0.2) is 5.84 Å². The van der Waals surface area contributed by atoms with Crippen LogP contribution in [-0.2, 0) is 26.2 Å². The number of rotatable bonds is 5. The Labute approximate surface area is 299 Å². The lowest BCUT2D eigenvalue weighted by Crippen LogP contribution is -2.50. The number of hydrogen-bond acceptors (Lipinski definition) is 12. The van der Waals surface area contributed by atoms with Crippen molar-refractivity contribution in [3.8, 4) is 6.07 Å². The van der Waals surface area contributed by atoms with E-state index in [1.54, 1.807) is 11.8 Å². The van der Waals surface area contributed by atoms with Crippen molar-refractivity contribution < 1.29 is 19.2 Å². The number of nitriles is 1. The van der Waals surface area contributed by atoms with Crippen molar-refractivity contribution in [1.29, 1.82) is 5.26 Å². The van der Waals surface area contributed by atoms with Gasteiger partial charge in [-0.3, -0.25) is 0 Å². The molecule has 0 radical (unpaired) electrons. The summed E-state index contributed by atoms with van der Waals surface area (Å²) in [6, 6.07) is 6.15. The van der Waals surface area contributed by atoms with Crippen LogP contribution in [0.25, 0.3) is 0 Å². The SMILES string of the molecule is CN1CCC2(CC1)CCN(c1cc(N3CCN(C(=O)OC(C)(C)C)CC3)cc(/C(N)=N/OC(=O)C3(C)CCCc4sc(N)c(C#N)c43)n1)CC2. The summed E-state index contributed by atoms with van der Waals surface area (Å²) >= 11 is 1.36. The summed E-state index contributed by atoms with van der Waals surface area (Å²) in [7, 11) is 2.20. The first-order valence-corrected chi connectivity index (χ1v) is 18.6. The molecule has 0 bridgehead atoms. The van der Waals surface area contributed by atoms with Gasteiger partial charge >= 0.3 is 12.1 Å². The molecule has 2 aromatic rings. The Morgan fingerprint density at radius 2 is 1.66 bits per heavy atom. The van der Waals surface area contributed by atoms with Crippen LogP contribution in [0.1, 0.15) is 87.9 Å². The third-order valence-electron chi connectivity index (χ3n) is 11.0. The van der Waals surface area contributed by atoms with E-state index >= 15 is 0 Å². The van der Waals surface area contributed by atoms with Gasteiger partial charge in [-0.05, 0) is 104 Å². The summed E-state index contributed by atoms with van der Waals surface area (Å²) in [6.07, 6.45) is 6.39. The van der Waals surface area contributed by atoms with Crippen LogP contribution in [0.4, 0.5) is 21.3 Å². The van der Waals surface area contributed by atoms with E-state index in [4.69, 9.17) is 26.0 Å². The number of amides is 1. The summed E-state index contributed by atoms with van der Waals surface area (Å²) in [6.45, 7) is 13.7. The normalized spacial score (nSPS) is 23.0. The summed E-state index contributed by atoms with van der Waals surface area (Å²) in [5, 5.41) is 14.4. The highest BCUT2D eigenvalue weighted by molar-refractivity contribution is 7.16. The molecule has 14 heteroatoms. The number of nitrogens with zero attached hydrogens (tertiary/aromatic N) is 7. The number of piperidine rings is 2. The fourth-order valence-electron chi connectivity index (χ4n) is 7.79. The average Bonchev–Trinajstić information content (AvgIpc) is 3.44. The van der Waals surface area contributed by atoms with Crippen molar-refractivity contribution in [1.82, 2.24) is 14.8 Å². The maximum Gasteiger partial charge on any atom is 0.410 e. The summed E-state index contributed by atoms with van der Waals surface area (Å²) < 4.78 is 5.61. The van der Waals surface area contributed by atoms with Crippen molar-refractivity contribution in [2.24, 2.45) is 16.3 Å². The fraction of sp³-hybridized carbons (Fsp3) is 0.639. The number of aryl methyl sites for hydroxylation is 1. The van der Waals surface area contributed by atoms with Gasteiger partial charge in [-0.1, -0.05) is 5.16 Å². The van der Waals surface area contributed by atoms with E-state index in [2.05, 4.69) is 39.0 Å². The quantitative estimate of drug-likeness (QED) is 0.196. The zero-order valence-corrected chi connectivity index (χ0v) is 30.9. The molecule has 2 aromatic heterocycles. The van der Waals surface area contributed by atoms with Gasteiger partial charge in [0.1, 0.15) is 28.2 Å². The Hall–Kier alpha value is -4.09. The molecular formula is C36H51N9O4S. The van der Waals surface area contributed by atoms with E-state index in [-0.39, 0.29) is 11.9 Å². The third kappa shape index (κ3) is 7.35. The second-order valence-electron chi connectivity index (χ2n) is 15.6. The molecule has 3 fully saturated rings. The van der Waals surface area contributed by atoms with Crippen molar-refractivity contribution in [3.63, 3.8) is 0 Å². The fourth-order valence-corrected chi connectivity index (χ4v) is 8.98. The molecule has 3 aliphatic heterocycles. The molecule has 270 valence electrons. The molecule has 50 heavy (non-hydrogen) atoms. The highest BCUT2D eigenvalue weighted by atomic mass is 32.1. The number of ether oxygens (including phenoxy) is 1. The molecular weight excluding hydrogens is 655 g/mol. The van der Waals surface area contributed by atoms with E-state index < -0.39 is 17.0 Å². The van der Waals surface area contributed by atoms with Gasteiger partial charge in [0.2, 0.25) is 0 Å². The molecule has 1 aliphatic carbocycles. The van der Waals surface area contributed by atoms with Crippen molar-refractivity contribution in [2.45, 2.75) is 83.7 Å². The van der Waals surface area contributed by atoms with Crippen LogP contribution in [0.5, 0.6) is 0 Å². The van der Waals surface area contributed by atoms with Crippen LogP contribution in [0.2, 0.25) is 0 Å². The number of nitrogens with two attached hydrogens (primary N) is 2. The molecule has 6 rings (SSSR count). The van der Waals surface area contributed by atoms with Crippen molar-refractivity contribution in [2.75, 3.05) is 74.9 Å². The number of thiophene rings is 1. The van der Waals surface area contributed by atoms with Crippen LogP contribution < -0.4 is 21.3 Å². The molecule has 1 amide bonds. The first-order valence-electron chi connectivity index (χ1n) is 17.8. The second-order valence-corrected chi connectivity index (χ2v) is 16.7. The zero-order valence-electron chi connectivity index (χ0n) is 30.1. The molecule has 13 nitrogen and oxygen atoms in total. The minimum Gasteiger partial charge on any atom is -0.444 e. The Bertz CT molecular complexity index is 1670. The number of likely N-dealkylation sites (tertiary alicyclic amines) is 1. The monoisotopic (exact) mass is 705 g/mol. The van der Waals surface area contributed by atoms with Crippen molar-refractivity contribution in [3.05, 3.63) is 33.8 Å². The van der Waals surface area contributed by atoms with Crippen molar-refractivity contribution >= 4 is 45.7 Å². The van der Waals surface area contributed by atoms with Crippen LogP contribution in [0, 0.1) is 16.7 Å². The standard InChI is InChI=1S/C36H51N9O4S/c1-34(2,3)48-33(47)45-19-17-43(18-20-45)24-21-26(40-28(22-24)44-15-11-36(12-16-44)9-13-42(5)14-10-36)30(38)41-49-32(46)35(4)8-6-7-27-29(35)25(23-37)31(39)50-27/h21-22H,6-20,39H2,1-5H3,(H2,38,41). The van der Waals surface area contributed by atoms with E-state index in [9.17, 15) is 14.9 Å². The number of aromatic nitrogens is 1. The highest BCUT2D eigenvalue weighted by Crippen LogP contribution is 2.46. The molecule has 4 aliphatic rings. The number of piperazine rings is 1. The molecule has 0 aromatic carbocycles. The molecule has 4 N–H and O–H groups in total. The Morgan fingerprint density at radius 3 is 2.30 bits per heavy atom. The smallest absolute Gasteiger partial charge is 0.410 e. The number of anilines is 3. The largest absolute Gasteiger partial charge is 0.444 e. The zero-order chi connectivity index (χ0) is 35.8. The predicted octanol–water partition coefficient (Wildman–Crippen LogP) is 4.42. The van der Waals surface area contributed by atoms with Crippen LogP contribution in [0.15, 0.2) is 17.3 Å². The van der Waals surface area contributed by atoms with Gasteiger partial charge in [0.05, 0.1) is 11.0 Å². The molecule has 1 spiro atoms.